The molecule has 0 bridgehead atoms. The molecule has 0 atom stereocenters. The SMILES string of the molecule is CCCc1nc(C)cc(N2CCC(Cc3nnc(SC)n3C)CC2)n1. The summed E-state index contributed by atoms with van der Waals surface area (Å²) >= 11 is 1.65. The lowest BCUT2D eigenvalue weighted by Crippen LogP contribution is -2.35. The normalized spacial score (nSPS) is 15.8. The second-order valence-electron chi connectivity index (χ2n) is 6.83. The molecule has 1 aliphatic heterocycles. The first-order valence-electron chi connectivity index (χ1n) is 9.12. The van der Waals surface area contributed by atoms with Crippen LogP contribution < -0.4 is 4.90 Å². The number of hydrogen-bond donors (Lipinski definition) is 0. The van der Waals surface area contributed by atoms with Crippen molar-refractivity contribution >= 4 is 17.6 Å². The average Bonchev–Trinajstić information content (AvgIpc) is 2.95. The summed E-state index contributed by atoms with van der Waals surface area (Å²) < 4.78 is 2.13. The maximum Gasteiger partial charge on any atom is 0.190 e. The van der Waals surface area contributed by atoms with Crippen LogP contribution in [0.3, 0.4) is 0 Å². The van der Waals surface area contributed by atoms with Gasteiger partial charge in [-0.1, -0.05) is 18.7 Å². The van der Waals surface area contributed by atoms with Crippen molar-refractivity contribution < 1.29 is 0 Å². The molecule has 7 heteroatoms. The van der Waals surface area contributed by atoms with Gasteiger partial charge in [-0.2, -0.15) is 0 Å². The van der Waals surface area contributed by atoms with Crippen molar-refractivity contribution in [3.8, 4) is 0 Å². The third kappa shape index (κ3) is 4.32. The Labute approximate surface area is 154 Å². The van der Waals surface area contributed by atoms with Crippen LogP contribution in [0.2, 0.25) is 0 Å². The maximum atomic E-state index is 4.77. The minimum Gasteiger partial charge on any atom is -0.356 e. The zero-order chi connectivity index (χ0) is 17.8. The zero-order valence-corrected chi connectivity index (χ0v) is 16.5. The Morgan fingerprint density at radius 2 is 1.96 bits per heavy atom. The quantitative estimate of drug-likeness (QED) is 0.738. The molecule has 2 aromatic heterocycles. The fourth-order valence-electron chi connectivity index (χ4n) is 3.43. The standard InChI is InChI=1S/C18H28N6S/c1-5-6-15-19-13(2)11-16(20-15)24-9-7-14(8-10-24)12-17-21-22-18(25-4)23(17)3/h11,14H,5-10,12H2,1-4H3. The predicted octanol–water partition coefficient (Wildman–Crippen LogP) is 3.05. The second-order valence-corrected chi connectivity index (χ2v) is 7.60. The lowest BCUT2D eigenvalue weighted by Gasteiger charge is -2.33. The van der Waals surface area contributed by atoms with Crippen molar-refractivity contribution in [1.29, 1.82) is 0 Å². The van der Waals surface area contributed by atoms with E-state index in [2.05, 4.69) is 51.6 Å². The molecule has 0 unspecified atom stereocenters. The van der Waals surface area contributed by atoms with Gasteiger partial charge in [-0.3, -0.25) is 0 Å². The number of thioether (sulfide) groups is 1. The Hall–Kier alpha value is -1.63. The average molecular weight is 361 g/mol. The number of aromatic nitrogens is 5. The van der Waals surface area contributed by atoms with E-state index in [4.69, 9.17) is 4.98 Å². The Balaban J connectivity index is 1.61. The maximum absolute atomic E-state index is 4.77. The predicted molar refractivity (Wildman–Crippen MR) is 102 cm³/mol. The molecule has 0 spiro atoms. The van der Waals surface area contributed by atoms with E-state index in [0.717, 1.165) is 60.7 Å². The van der Waals surface area contributed by atoms with E-state index in [1.165, 1.54) is 12.8 Å². The number of hydrogen-bond acceptors (Lipinski definition) is 6. The van der Waals surface area contributed by atoms with Crippen LogP contribution in [0.5, 0.6) is 0 Å². The Bertz CT molecular complexity index is 706. The monoisotopic (exact) mass is 360 g/mol. The van der Waals surface area contributed by atoms with Gasteiger partial charge in [0.25, 0.3) is 0 Å². The number of rotatable bonds is 6. The van der Waals surface area contributed by atoms with Crippen molar-refractivity contribution in [1.82, 2.24) is 24.7 Å². The Morgan fingerprint density at radius 1 is 1.20 bits per heavy atom. The van der Waals surface area contributed by atoms with Crippen LogP contribution in [0.15, 0.2) is 11.2 Å². The van der Waals surface area contributed by atoms with E-state index in [1.54, 1.807) is 11.8 Å². The molecule has 3 rings (SSSR count). The lowest BCUT2D eigenvalue weighted by atomic mass is 9.93. The van der Waals surface area contributed by atoms with E-state index >= 15 is 0 Å². The highest BCUT2D eigenvalue weighted by Gasteiger charge is 2.23. The highest BCUT2D eigenvalue weighted by atomic mass is 32.2. The molecular weight excluding hydrogens is 332 g/mol. The summed E-state index contributed by atoms with van der Waals surface area (Å²) in [5.74, 6) is 3.85. The summed E-state index contributed by atoms with van der Waals surface area (Å²) in [6.45, 7) is 6.35. The third-order valence-electron chi connectivity index (χ3n) is 4.88. The fraction of sp³-hybridized carbons (Fsp3) is 0.667. The van der Waals surface area contributed by atoms with Crippen molar-refractivity contribution in [3.05, 3.63) is 23.4 Å². The number of anilines is 1. The van der Waals surface area contributed by atoms with Crippen LogP contribution in [0.4, 0.5) is 5.82 Å². The lowest BCUT2D eigenvalue weighted by molar-refractivity contribution is 0.391. The summed E-state index contributed by atoms with van der Waals surface area (Å²) in [4.78, 5) is 11.7. The van der Waals surface area contributed by atoms with Gasteiger partial charge < -0.3 is 9.47 Å². The third-order valence-corrected chi connectivity index (χ3v) is 5.60. The number of piperidine rings is 1. The highest BCUT2D eigenvalue weighted by molar-refractivity contribution is 7.98. The second kappa shape index (κ2) is 8.17. The molecule has 0 aromatic carbocycles. The molecule has 0 saturated carbocycles. The number of nitrogens with zero attached hydrogens (tertiary/aromatic N) is 6. The Morgan fingerprint density at radius 3 is 2.60 bits per heavy atom. The van der Waals surface area contributed by atoms with Crippen LogP contribution in [0.1, 0.15) is 43.5 Å². The number of aryl methyl sites for hydroxylation is 2. The first kappa shape index (κ1) is 18.2. The molecule has 0 radical (unpaired) electrons. The van der Waals surface area contributed by atoms with Gasteiger partial charge in [-0.25, -0.2) is 9.97 Å². The molecule has 6 nitrogen and oxygen atoms in total. The van der Waals surface area contributed by atoms with E-state index in [9.17, 15) is 0 Å². The van der Waals surface area contributed by atoms with Crippen LogP contribution in [-0.4, -0.2) is 44.1 Å². The van der Waals surface area contributed by atoms with Gasteiger partial charge in [0, 0.05) is 44.7 Å². The molecule has 2 aromatic rings. The van der Waals surface area contributed by atoms with Gasteiger partial charge in [0.2, 0.25) is 0 Å². The van der Waals surface area contributed by atoms with Crippen molar-refractivity contribution in [3.63, 3.8) is 0 Å². The van der Waals surface area contributed by atoms with Gasteiger partial charge in [0.15, 0.2) is 5.16 Å². The summed E-state index contributed by atoms with van der Waals surface area (Å²) in [7, 11) is 2.06. The molecule has 3 heterocycles. The summed E-state index contributed by atoms with van der Waals surface area (Å²) in [5, 5.41) is 9.60. The van der Waals surface area contributed by atoms with Crippen molar-refractivity contribution in [2.75, 3.05) is 24.2 Å². The minimum atomic E-state index is 0.673. The molecule has 1 aliphatic rings. The molecule has 136 valence electrons. The molecule has 0 N–H and O–H groups in total. The van der Waals surface area contributed by atoms with Crippen LogP contribution in [-0.2, 0) is 19.9 Å². The molecule has 0 aliphatic carbocycles. The molecule has 1 saturated heterocycles. The first-order chi connectivity index (χ1) is 12.1. The molecule has 25 heavy (non-hydrogen) atoms. The van der Waals surface area contributed by atoms with E-state index in [-0.39, 0.29) is 0 Å². The van der Waals surface area contributed by atoms with E-state index in [0.29, 0.717) is 5.92 Å². The Kier molecular flexibility index (Phi) is 5.93. The van der Waals surface area contributed by atoms with E-state index in [1.807, 2.05) is 6.26 Å². The van der Waals surface area contributed by atoms with Crippen LogP contribution in [0.25, 0.3) is 0 Å². The summed E-state index contributed by atoms with van der Waals surface area (Å²) in [5.41, 5.74) is 1.07. The van der Waals surface area contributed by atoms with Gasteiger partial charge in [0.1, 0.15) is 17.5 Å². The van der Waals surface area contributed by atoms with E-state index < -0.39 is 0 Å². The van der Waals surface area contributed by atoms with Crippen molar-refractivity contribution in [2.24, 2.45) is 13.0 Å². The largest absolute Gasteiger partial charge is 0.356 e. The highest BCUT2D eigenvalue weighted by Crippen LogP contribution is 2.25. The molecule has 0 amide bonds. The summed E-state index contributed by atoms with van der Waals surface area (Å²) in [6, 6.07) is 2.12. The summed E-state index contributed by atoms with van der Waals surface area (Å²) in [6.07, 6.45) is 7.45. The van der Waals surface area contributed by atoms with Gasteiger partial charge in [0.05, 0.1) is 0 Å². The van der Waals surface area contributed by atoms with Gasteiger partial charge in [-0.15, -0.1) is 10.2 Å². The van der Waals surface area contributed by atoms with Gasteiger partial charge in [-0.05, 0) is 38.4 Å². The topological polar surface area (TPSA) is 59.7 Å². The minimum absolute atomic E-state index is 0.673. The van der Waals surface area contributed by atoms with Crippen molar-refractivity contribution in [2.45, 2.75) is 51.1 Å². The molecular formula is C18H28N6S. The smallest absolute Gasteiger partial charge is 0.190 e. The van der Waals surface area contributed by atoms with Crippen LogP contribution >= 0.6 is 11.8 Å². The zero-order valence-electron chi connectivity index (χ0n) is 15.7. The fourth-order valence-corrected chi connectivity index (χ4v) is 3.94. The first-order valence-corrected chi connectivity index (χ1v) is 10.3. The molecule has 1 fully saturated rings. The van der Waals surface area contributed by atoms with Crippen LogP contribution in [0, 0.1) is 12.8 Å². The van der Waals surface area contributed by atoms with Gasteiger partial charge >= 0.3 is 0 Å².